The van der Waals surface area contributed by atoms with Gasteiger partial charge in [0.25, 0.3) is 0 Å². The van der Waals surface area contributed by atoms with Crippen LogP contribution in [-0.2, 0) is 31.5 Å². The van der Waals surface area contributed by atoms with Crippen molar-refractivity contribution in [1.82, 2.24) is 24.5 Å². The average Bonchev–Trinajstić information content (AvgIpc) is 2.92. The summed E-state index contributed by atoms with van der Waals surface area (Å²) < 4.78 is 3.79. The Bertz CT molecular complexity index is 669. The summed E-state index contributed by atoms with van der Waals surface area (Å²) in [4.78, 5) is 14.3. The van der Waals surface area contributed by atoms with Crippen molar-refractivity contribution in [2.24, 2.45) is 13.0 Å². The van der Waals surface area contributed by atoms with Gasteiger partial charge in [-0.15, -0.1) is 0 Å². The molecule has 0 bridgehead atoms. The minimum atomic E-state index is 0.290. The number of carbonyl (C=O) groups excluding carboxylic acids is 1. The molecule has 0 N–H and O–H groups in total. The van der Waals surface area contributed by atoms with Crippen LogP contribution in [0.1, 0.15) is 36.2 Å². The van der Waals surface area contributed by atoms with Crippen LogP contribution < -0.4 is 0 Å². The van der Waals surface area contributed by atoms with Crippen molar-refractivity contribution in [2.45, 2.75) is 38.9 Å². The normalized spacial score (nSPS) is 17.3. The van der Waals surface area contributed by atoms with Gasteiger partial charge >= 0.3 is 0 Å². The summed E-state index contributed by atoms with van der Waals surface area (Å²) in [7, 11) is 1.96. The highest BCUT2D eigenvalue weighted by Gasteiger charge is 2.32. The molecule has 21 heavy (non-hydrogen) atoms. The zero-order valence-corrected chi connectivity index (χ0v) is 12.2. The number of rotatable bonds is 4. The van der Waals surface area contributed by atoms with E-state index in [9.17, 15) is 4.79 Å². The van der Waals surface area contributed by atoms with Gasteiger partial charge in [-0.25, -0.2) is 0 Å². The summed E-state index contributed by atoms with van der Waals surface area (Å²) in [5.41, 5.74) is 3.40. The molecule has 110 valence electrons. The molecule has 4 rings (SSSR count). The lowest BCUT2D eigenvalue weighted by molar-refractivity contribution is -0.132. The van der Waals surface area contributed by atoms with Crippen LogP contribution in [0.4, 0.5) is 0 Å². The van der Waals surface area contributed by atoms with Crippen molar-refractivity contribution in [3.63, 3.8) is 0 Å². The molecule has 1 amide bonds. The molecular formula is C15H19N5O. The summed E-state index contributed by atoms with van der Waals surface area (Å²) in [5.74, 6) is 0.932. The molecular weight excluding hydrogens is 266 g/mol. The van der Waals surface area contributed by atoms with E-state index in [1.165, 1.54) is 24.1 Å². The van der Waals surface area contributed by atoms with Gasteiger partial charge in [-0.1, -0.05) is 0 Å². The van der Waals surface area contributed by atoms with Crippen LogP contribution in [0, 0.1) is 5.92 Å². The van der Waals surface area contributed by atoms with Gasteiger partial charge in [0.05, 0.1) is 24.5 Å². The number of nitrogens with zero attached hydrogens (tertiary/aromatic N) is 5. The third-order valence-corrected chi connectivity index (χ3v) is 4.43. The minimum Gasteiger partial charge on any atom is -0.332 e. The van der Waals surface area contributed by atoms with Crippen molar-refractivity contribution >= 4 is 5.91 Å². The number of aromatic nitrogens is 4. The van der Waals surface area contributed by atoms with Crippen LogP contribution in [0.2, 0.25) is 0 Å². The van der Waals surface area contributed by atoms with Gasteiger partial charge in [-0.05, 0) is 24.8 Å². The lowest BCUT2D eigenvalue weighted by Crippen LogP contribution is -2.26. The Hall–Kier alpha value is -2.11. The van der Waals surface area contributed by atoms with E-state index in [-0.39, 0.29) is 0 Å². The largest absolute Gasteiger partial charge is 0.332 e. The smallest absolute Gasteiger partial charge is 0.223 e. The van der Waals surface area contributed by atoms with E-state index in [1.54, 1.807) is 6.20 Å². The molecule has 1 saturated carbocycles. The van der Waals surface area contributed by atoms with Crippen molar-refractivity contribution in [3.05, 3.63) is 35.4 Å². The van der Waals surface area contributed by atoms with Crippen LogP contribution >= 0.6 is 0 Å². The third-order valence-electron chi connectivity index (χ3n) is 4.43. The highest BCUT2D eigenvalue weighted by molar-refractivity contribution is 5.77. The van der Waals surface area contributed by atoms with Crippen LogP contribution in [-0.4, -0.2) is 30.4 Å². The zero-order valence-electron chi connectivity index (χ0n) is 12.2. The lowest BCUT2D eigenvalue weighted by atomic mass is 10.2. The molecule has 3 heterocycles. The maximum atomic E-state index is 12.3. The van der Waals surface area contributed by atoms with E-state index in [0.717, 1.165) is 12.1 Å². The molecule has 0 atom stereocenters. The molecule has 0 radical (unpaired) electrons. The second-order valence-electron chi connectivity index (χ2n) is 6.10. The van der Waals surface area contributed by atoms with E-state index < -0.39 is 0 Å². The predicted molar refractivity (Wildman–Crippen MR) is 76.1 cm³/mol. The number of hydrogen-bond donors (Lipinski definition) is 0. The van der Waals surface area contributed by atoms with Gasteiger partial charge in [-0.3, -0.25) is 14.2 Å². The Morgan fingerprint density at radius 1 is 1.38 bits per heavy atom. The number of fused-ring (bicyclic) bond motifs is 1. The van der Waals surface area contributed by atoms with Crippen LogP contribution in [0.3, 0.4) is 0 Å². The summed E-state index contributed by atoms with van der Waals surface area (Å²) in [6, 6.07) is 1.91. The average molecular weight is 285 g/mol. The molecule has 2 aliphatic rings. The second-order valence-corrected chi connectivity index (χ2v) is 6.10. The first-order chi connectivity index (χ1) is 10.2. The van der Waals surface area contributed by atoms with Crippen molar-refractivity contribution in [2.75, 3.05) is 0 Å². The topological polar surface area (TPSA) is 56.0 Å². The molecule has 1 fully saturated rings. The van der Waals surface area contributed by atoms with Gasteiger partial charge in [-0.2, -0.15) is 10.2 Å². The fraction of sp³-hybridized carbons (Fsp3) is 0.533. The molecule has 2 aromatic heterocycles. The summed E-state index contributed by atoms with van der Waals surface area (Å²) in [6.07, 6.45) is 6.87. The molecule has 1 aliphatic heterocycles. The Balaban J connectivity index is 1.53. The first-order valence-electron chi connectivity index (χ1n) is 7.49. The van der Waals surface area contributed by atoms with Crippen LogP contribution in [0.25, 0.3) is 0 Å². The SMILES string of the molecule is Cn1nc(Cn2cccn2)c2c1CN(C(=O)CC1CC1)C2. The monoisotopic (exact) mass is 285 g/mol. The van der Waals surface area contributed by atoms with Gasteiger partial charge < -0.3 is 4.90 Å². The highest BCUT2D eigenvalue weighted by atomic mass is 16.2. The molecule has 0 saturated heterocycles. The predicted octanol–water partition coefficient (Wildman–Crippen LogP) is 1.31. The third kappa shape index (κ3) is 2.34. The van der Waals surface area contributed by atoms with Crippen LogP contribution in [0.5, 0.6) is 0 Å². The zero-order chi connectivity index (χ0) is 14.4. The maximum absolute atomic E-state index is 12.3. The van der Waals surface area contributed by atoms with E-state index in [4.69, 9.17) is 0 Å². The summed E-state index contributed by atoms with van der Waals surface area (Å²) in [6.45, 7) is 2.07. The number of hydrogen-bond acceptors (Lipinski definition) is 3. The molecule has 0 unspecified atom stereocenters. The first kappa shape index (κ1) is 12.6. The fourth-order valence-electron chi connectivity index (χ4n) is 3.02. The van der Waals surface area contributed by atoms with E-state index in [2.05, 4.69) is 10.2 Å². The molecule has 6 nitrogen and oxygen atoms in total. The lowest BCUT2D eigenvalue weighted by Gasteiger charge is -2.16. The van der Waals surface area contributed by atoms with Gasteiger partial charge in [0.2, 0.25) is 5.91 Å². The van der Waals surface area contributed by atoms with Crippen LogP contribution in [0.15, 0.2) is 18.5 Å². The van der Waals surface area contributed by atoms with Gasteiger partial charge in [0.1, 0.15) is 0 Å². The second kappa shape index (κ2) is 4.72. The number of aryl methyl sites for hydroxylation is 1. The molecule has 1 aliphatic carbocycles. The Kier molecular flexibility index (Phi) is 2.83. The first-order valence-corrected chi connectivity index (χ1v) is 7.49. The fourth-order valence-corrected chi connectivity index (χ4v) is 3.02. The summed E-state index contributed by atoms with van der Waals surface area (Å²) >= 11 is 0. The highest BCUT2D eigenvalue weighted by Crippen LogP contribution is 2.34. The number of carbonyl (C=O) groups is 1. The standard InChI is InChI=1S/C15H19N5O/c1-18-14-10-19(15(21)7-11-3-4-11)8-12(14)13(17-18)9-20-6-2-5-16-20/h2,5-6,11H,3-4,7-10H2,1H3. The molecule has 0 aromatic carbocycles. The number of amides is 1. The quantitative estimate of drug-likeness (QED) is 0.851. The van der Waals surface area contributed by atoms with Crippen molar-refractivity contribution in [3.8, 4) is 0 Å². The maximum Gasteiger partial charge on any atom is 0.223 e. The Morgan fingerprint density at radius 2 is 2.24 bits per heavy atom. The molecule has 6 heteroatoms. The van der Waals surface area contributed by atoms with Gasteiger partial charge in [0.15, 0.2) is 0 Å². The van der Waals surface area contributed by atoms with E-state index >= 15 is 0 Å². The molecule has 0 spiro atoms. The summed E-state index contributed by atoms with van der Waals surface area (Å²) in [5, 5.41) is 8.83. The van der Waals surface area contributed by atoms with Gasteiger partial charge in [0, 0.05) is 38.0 Å². The Labute approximate surface area is 123 Å². The molecule has 2 aromatic rings. The van der Waals surface area contributed by atoms with Crippen molar-refractivity contribution in [1.29, 1.82) is 0 Å². The van der Waals surface area contributed by atoms with Crippen molar-refractivity contribution < 1.29 is 4.79 Å². The minimum absolute atomic E-state index is 0.290. The van der Waals surface area contributed by atoms with E-state index in [1.807, 2.05) is 33.6 Å². The van der Waals surface area contributed by atoms with E-state index in [0.29, 0.717) is 31.5 Å². The Morgan fingerprint density at radius 3 is 2.95 bits per heavy atom.